The smallest absolute Gasteiger partial charge is 0.270 e. The van der Waals surface area contributed by atoms with Gasteiger partial charge in [0.25, 0.3) is 11.6 Å². The third-order valence-electron chi connectivity index (χ3n) is 2.70. The Morgan fingerprint density at radius 3 is 2.67 bits per heavy atom. The van der Waals surface area contributed by atoms with Gasteiger partial charge in [0.2, 0.25) is 0 Å². The minimum atomic E-state index is -0.999. The van der Waals surface area contributed by atoms with Crippen LogP contribution in [-0.2, 0) is 10.8 Å². The Kier molecular flexibility index (Phi) is 6.80. The molecule has 0 saturated heterocycles. The molecule has 0 spiro atoms. The first kappa shape index (κ1) is 17.1. The highest BCUT2D eigenvalue weighted by molar-refractivity contribution is 7.84. The summed E-state index contributed by atoms with van der Waals surface area (Å²) in [7, 11) is -0.999. The molecule has 1 amide bonds. The summed E-state index contributed by atoms with van der Waals surface area (Å²) >= 11 is 0. The molecule has 0 bridgehead atoms. The summed E-state index contributed by atoms with van der Waals surface area (Å²) in [4.78, 5) is 22.4. The number of nitro groups is 1. The number of hydrogen-bond donors (Lipinski definition) is 2. The van der Waals surface area contributed by atoms with Crippen LogP contribution in [0.2, 0.25) is 0 Å². The summed E-state index contributed by atoms with van der Waals surface area (Å²) in [6.45, 7) is 2.91. The van der Waals surface area contributed by atoms with Crippen molar-refractivity contribution in [2.45, 2.75) is 13.3 Å². The third kappa shape index (κ3) is 5.50. The number of benzene rings is 1. The minimum Gasteiger partial charge on any atom is -0.384 e. The molecule has 21 heavy (non-hydrogen) atoms. The van der Waals surface area contributed by atoms with Gasteiger partial charge in [-0.05, 0) is 12.5 Å². The van der Waals surface area contributed by atoms with Crippen molar-refractivity contribution in [2.75, 3.05) is 30.4 Å². The van der Waals surface area contributed by atoms with Gasteiger partial charge >= 0.3 is 0 Å². The minimum absolute atomic E-state index is 0.138. The Balaban J connectivity index is 2.92. The van der Waals surface area contributed by atoms with Crippen molar-refractivity contribution in [3.63, 3.8) is 0 Å². The monoisotopic (exact) mass is 313 g/mol. The number of amides is 1. The molecule has 0 heterocycles. The number of anilines is 1. The molecule has 116 valence electrons. The van der Waals surface area contributed by atoms with Crippen LogP contribution in [0.3, 0.4) is 0 Å². The van der Waals surface area contributed by atoms with Gasteiger partial charge in [-0.3, -0.25) is 19.1 Å². The highest BCUT2D eigenvalue weighted by atomic mass is 32.2. The molecule has 0 saturated carbocycles. The predicted octanol–water partition coefficient (Wildman–Crippen LogP) is 1.52. The lowest BCUT2D eigenvalue weighted by Crippen LogP contribution is -2.28. The van der Waals surface area contributed by atoms with Crippen molar-refractivity contribution in [1.82, 2.24) is 5.32 Å². The van der Waals surface area contributed by atoms with E-state index in [4.69, 9.17) is 0 Å². The van der Waals surface area contributed by atoms with E-state index in [0.29, 0.717) is 18.0 Å². The van der Waals surface area contributed by atoms with E-state index in [-0.39, 0.29) is 17.8 Å². The van der Waals surface area contributed by atoms with Crippen LogP contribution < -0.4 is 10.6 Å². The molecular weight excluding hydrogens is 294 g/mol. The van der Waals surface area contributed by atoms with Crippen LogP contribution in [0.4, 0.5) is 11.4 Å². The average Bonchev–Trinajstić information content (AvgIpc) is 2.44. The zero-order valence-electron chi connectivity index (χ0n) is 12.0. The second-order valence-electron chi connectivity index (χ2n) is 4.45. The molecule has 0 fully saturated rings. The summed E-state index contributed by atoms with van der Waals surface area (Å²) in [6, 6.07) is 4.13. The highest BCUT2D eigenvalue weighted by Gasteiger charge is 2.16. The number of nitro benzene ring substituents is 1. The van der Waals surface area contributed by atoms with E-state index in [1.807, 2.05) is 6.92 Å². The van der Waals surface area contributed by atoms with Crippen LogP contribution in [0.25, 0.3) is 0 Å². The first-order chi connectivity index (χ1) is 9.95. The molecule has 0 aliphatic rings. The molecule has 1 unspecified atom stereocenters. The van der Waals surface area contributed by atoms with E-state index in [2.05, 4.69) is 10.6 Å². The fourth-order valence-corrected chi connectivity index (χ4v) is 2.04. The maximum absolute atomic E-state index is 12.1. The fraction of sp³-hybridized carbons (Fsp3) is 0.462. The van der Waals surface area contributed by atoms with Crippen molar-refractivity contribution in [3.05, 3.63) is 33.9 Å². The van der Waals surface area contributed by atoms with Gasteiger partial charge in [0.15, 0.2) is 0 Å². The first-order valence-electron chi connectivity index (χ1n) is 6.56. The maximum Gasteiger partial charge on any atom is 0.270 e. The van der Waals surface area contributed by atoms with Gasteiger partial charge in [0, 0.05) is 53.7 Å². The topological polar surface area (TPSA) is 101 Å². The number of carbonyl (C=O) groups excluding carboxylic acids is 1. The van der Waals surface area contributed by atoms with Crippen LogP contribution >= 0.6 is 0 Å². The van der Waals surface area contributed by atoms with E-state index in [9.17, 15) is 19.1 Å². The molecular formula is C13H19N3O4S. The molecule has 8 heteroatoms. The summed E-state index contributed by atoms with van der Waals surface area (Å²) < 4.78 is 11.0. The van der Waals surface area contributed by atoms with Crippen molar-refractivity contribution in [3.8, 4) is 0 Å². The van der Waals surface area contributed by atoms with Crippen LogP contribution in [0.5, 0.6) is 0 Å². The standard InChI is InChI=1S/C13H19N3O4S/c1-3-6-14-12-5-4-10(16(18)19)9-11(12)13(17)15-7-8-21(2)20/h4-5,9,14H,3,6-8H2,1-2H3,(H,15,17). The molecule has 1 aromatic carbocycles. The second kappa shape index (κ2) is 8.35. The quantitative estimate of drug-likeness (QED) is 0.560. The molecule has 0 radical (unpaired) electrons. The van der Waals surface area contributed by atoms with E-state index in [1.165, 1.54) is 18.2 Å². The van der Waals surface area contributed by atoms with E-state index < -0.39 is 21.6 Å². The Hall–Kier alpha value is -1.96. The van der Waals surface area contributed by atoms with Crippen molar-refractivity contribution >= 4 is 28.1 Å². The number of carbonyl (C=O) groups is 1. The molecule has 7 nitrogen and oxygen atoms in total. The number of nitrogens with zero attached hydrogens (tertiary/aromatic N) is 1. The lowest BCUT2D eigenvalue weighted by Gasteiger charge is -2.11. The van der Waals surface area contributed by atoms with Crippen molar-refractivity contribution < 1.29 is 13.9 Å². The zero-order chi connectivity index (χ0) is 15.8. The fourth-order valence-electron chi connectivity index (χ4n) is 1.65. The average molecular weight is 313 g/mol. The zero-order valence-corrected chi connectivity index (χ0v) is 12.9. The lowest BCUT2D eigenvalue weighted by atomic mass is 10.1. The molecule has 1 atom stereocenters. The number of rotatable bonds is 8. The summed E-state index contributed by atoms with van der Waals surface area (Å²) in [5.41, 5.74) is 0.637. The highest BCUT2D eigenvalue weighted by Crippen LogP contribution is 2.22. The van der Waals surface area contributed by atoms with Crippen molar-refractivity contribution in [2.24, 2.45) is 0 Å². The Morgan fingerprint density at radius 2 is 2.10 bits per heavy atom. The van der Waals surface area contributed by atoms with E-state index >= 15 is 0 Å². The summed E-state index contributed by atoms with van der Waals surface area (Å²) in [5, 5.41) is 16.5. The van der Waals surface area contributed by atoms with Gasteiger partial charge in [-0.2, -0.15) is 0 Å². The van der Waals surface area contributed by atoms with Crippen LogP contribution in [-0.4, -0.2) is 40.1 Å². The first-order valence-corrected chi connectivity index (χ1v) is 8.29. The van der Waals surface area contributed by atoms with Crippen LogP contribution in [0.15, 0.2) is 18.2 Å². The Labute approximate surface area is 125 Å². The van der Waals surface area contributed by atoms with Gasteiger partial charge in [-0.1, -0.05) is 6.92 Å². The third-order valence-corrected chi connectivity index (χ3v) is 3.48. The SMILES string of the molecule is CCCNc1ccc([N+](=O)[O-])cc1C(=O)NCCS(C)=O. The largest absolute Gasteiger partial charge is 0.384 e. The second-order valence-corrected chi connectivity index (χ2v) is 6.00. The molecule has 0 aliphatic carbocycles. The van der Waals surface area contributed by atoms with Gasteiger partial charge in [-0.25, -0.2) is 0 Å². The van der Waals surface area contributed by atoms with E-state index in [0.717, 1.165) is 6.42 Å². The van der Waals surface area contributed by atoms with Crippen LogP contribution in [0.1, 0.15) is 23.7 Å². The van der Waals surface area contributed by atoms with Crippen LogP contribution in [0, 0.1) is 10.1 Å². The normalized spacial score (nSPS) is 11.7. The number of hydrogen-bond acceptors (Lipinski definition) is 5. The van der Waals surface area contributed by atoms with Gasteiger partial charge in [0.1, 0.15) is 0 Å². The maximum atomic E-state index is 12.1. The lowest BCUT2D eigenvalue weighted by molar-refractivity contribution is -0.384. The van der Waals surface area contributed by atoms with Crippen molar-refractivity contribution in [1.29, 1.82) is 0 Å². The number of nitrogens with one attached hydrogen (secondary N) is 2. The number of non-ortho nitro benzene ring substituents is 1. The summed E-state index contributed by atoms with van der Waals surface area (Å²) in [5.74, 6) is -0.0685. The van der Waals surface area contributed by atoms with Gasteiger partial charge in [0.05, 0.1) is 10.5 Å². The molecule has 0 aliphatic heterocycles. The molecule has 1 rings (SSSR count). The van der Waals surface area contributed by atoms with Gasteiger partial charge in [-0.15, -0.1) is 0 Å². The van der Waals surface area contributed by atoms with Gasteiger partial charge < -0.3 is 10.6 Å². The molecule has 1 aromatic rings. The summed E-state index contributed by atoms with van der Waals surface area (Å²) in [6.07, 6.45) is 2.42. The molecule has 2 N–H and O–H groups in total. The van der Waals surface area contributed by atoms with E-state index in [1.54, 1.807) is 6.26 Å². The Morgan fingerprint density at radius 1 is 1.38 bits per heavy atom. The Bertz CT molecular complexity index is 548. The predicted molar refractivity (Wildman–Crippen MR) is 83.1 cm³/mol. The molecule has 0 aromatic heterocycles.